The highest BCUT2D eigenvalue weighted by Crippen LogP contribution is 2.31. The van der Waals surface area contributed by atoms with Crippen molar-refractivity contribution in [2.45, 2.75) is 12.3 Å². The molecule has 1 amide bonds. The predicted molar refractivity (Wildman–Crippen MR) is 70.7 cm³/mol. The highest BCUT2D eigenvalue weighted by Gasteiger charge is 2.32. The van der Waals surface area contributed by atoms with E-state index in [1.807, 2.05) is 0 Å². The number of benzene rings is 1. The summed E-state index contributed by atoms with van der Waals surface area (Å²) >= 11 is 0. The van der Waals surface area contributed by atoms with Crippen molar-refractivity contribution < 1.29 is 27.8 Å². The molecule has 1 unspecified atom stereocenters. The molecule has 0 aliphatic heterocycles. The number of ether oxygens (including phenoxy) is 1. The summed E-state index contributed by atoms with van der Waals surface area (Å²) in [4.78, 5) is 13.2. The monoisotopic (exact) mass is 306 g/mol. The zero-order valence-corrected chi connectivity index (χ0v) is 11.6. The number of rotatable bonds is 5. The maximum atomic E-state index is 12.7. The lowest BCUT2D eigenvalue weighted by atomic mass is 10.1. The van der Waals surface area contributed by atoms with Crippen LogP contribution in [0.5, 0.6) is 0 Å². The first-order valence-corrected chi connectivity index (χ1v) is 6.06. The van der Waals surface area contributed by atoms with Gasteiger partial charge in [0.1, 0.15) is 0 Å². The number of alkyl halides is 3. The summed E-state index contributed by atoms with van der Waals surface area (Å²) in [5.74, 6) is -0.700. The molecule has 21 heavy (non-hydrogen) atoms. The molecule has 1 rings (SSSR count). The largest absolute Gasteiger partial charge is 0.416 e. The first kappa shape index (κ1) is 17.3. The number of aliphatic hydroxyl groups excluding tert-OH is 1. The summed E-state index contributed by atoms with van der Waals surface area (Å²) in [6.45, 7) is -0.0714. The lowest BCUT2D eigenvalue weighted by Crippen LogP contribution is -2.36. The van der Waals surface area contributed by atoms with Crippen LogP contribution in [-0.4, -0.2) is 49.3 Å². The summed E-state index contributed by atoms with van der Waals surface area (Å²) in [7, 11) is 2.75. The number of nitrogens with two attached hydrogens (primary N) is 1. The molecular formula is C13H17F3N2O3. The first-order chi connectivity index (χ1) is 9.66. The second kappa shape index (κ2) is 6.77. The highest BCUT2D eigenvalue weighted by molar-refractivity contribution is 5.99. The fourth-order valence-electron chi connectivity index (χ4n) is 1.77. The third-order valence-corrected chi connectivity index (χ3v) is 2.80. The molecule has 1 aromatic rings. The quantitative estimate of drug-likeness (QED) is 0.806. The number of hydrogen-bond acceptors (Lipinski definition) is 4. The molecule has 0 aromatic heterocycles. The van der Waals surface area contributed by atoms with Crippen molar-refractivity contribution in [3.05, 3.63) is 29.3 Å². The van der Waals surface area contributed by atoms with E-state index in [0.717, 1.165) is 17.0 Å². The normalized spacial score (nSPS) is 13.0. The number of hydrogen-bond donors (Lipinski definition) is 2. The summed E-state index contributed by atoms with van der Waals surface area (Å²) < 4.78 is 42.7. The zero-order valence-electron chi connectivity index (χ0n) is 11.6. The predicted octanol–water partition coefficient (Wildman–Crippen LogP) is 1.37. The third kappa shape index (κ3) is 4.61. The minimum atomic E-state index is -4.56. The third-order valence-electron chi connectivity index (χ3n) is 2.80. The lowest BCUT2D eigenvalue weighted by molar-refractivity contribution is -0.137. The van der Waals surface area contributed by atoms with Gasteiger partial charge in [-0.3, -0.25) is 4.79 Å². The van der Waals surface area contributed by atoms with Gasteiger partial charge >= 0.3 is 6.18 Å². The maximum Gasteiger partial charge on any atom is 0.416 e. The van der Waals surface area contributed by atoms with Gasteiger partial charge in [-0.2, -0.15) is 13.2 Å². The maximum absolute atomic E-state index is 12.7. The van der Waals surface area contributed by atoms with Gasteiger partial charge in [-0.15, -0.1) is 0 Å². The molecule has 0 radical (unpaired) electrons. The molecule has 118 valence electrons. The Kier molecular flexibility index (Phi) is 5.56. The van der Waals surface area contributed by atoms with Crippen molar-refractivity contribution in [1.29, 1.82) is 0 Å². The minimum absolute atomic E-state index is 0.00962. The van der Waals surface area contributed by atoms with Crippen LogP contribution in [0, 0.1) is 0 Å². The van der Waals surface area contributed by atoms with Crippen molar-refractivity contribution in [2.75, 3.05) is 33.0 Å². The summed E-state index contributed by atoms with van der Waals surface area (Å²) in [5, 5.41) is 9.54. The van der Waals surface area contributed by atoms with E-state index in [2.05, 4.69) is 0 Å². The fourth-order valence-corrected chi connectivity index (χ4v) is 1.77. The number of carbonyl (C=O) groups excluding carboxylic acids is 1. The van der Waals surface area contributed by atoms with Crippen LogP contribution in [0.15, 0.2) is 18.2 Å². The Morgan fingerprint density at radius 3 is 2.62 bits per heavy atom. The molecule has 5 nitrogen and oxygen atoms in total. The second-order valence-corrected chi connectivity index (χ2v) is 4.59. The highest BCUT2D eigenvalue weighted by atomic mass is 19.4. The average molecular weight is 306 g/mol. The van der Waals surface area contributed by atoms with Crippen LogP contribution in [0.1, 0.15) is 15.9 Å². The van der Waals surface area contributed by atoms with Crippen molar-refractivity contribution in [3.8, 4) is 0 Å². The van der Waals surface area contributed by atoms with E-state index in [-0.39, 0.29) is 24.4 Å². The molecule has 0 fully saturated rings. The number of amides is 1. The number of likely N-dealkylation sites (N-methyl/N-ethyl adjacent to an activating group) is 1. The van der Waals surface area contributed by atoms with Gasteiger partial charge in [0, 0.05) is 26.4 Å². The van der Waals surface area contributed by atoms with Crippen LogP contribution >= 0.6 is 0 Å². The Morgan fingerprint density at radius 1 is 1.48 bits per heavy atom. The molecule has 0 aliphatic carbocycles. The van der Waals surface area contributed by atoms with E-state index in [1.165, 1.54) is 14.2 Å². The molecule has 0 spiro atoms. The van der Waals surface area contributed by atoms with Crippen molar-refractivity contribution in [2.24, 2.45) is 0 Å². The Bertz CT molecular complexity index is 506. The fraction of sp³-hybridized carbons (Fsp3) is 0.462. The number of carbonyl (C=O) groups is 1. The van der Waals surface area contributed by atoms with Gasteiger partial charge in [0.2, 0.25) is 0 Å². The molecular weight excluding hydrogens is 289 g/mol. The summed E-state index contributed by atoms with van der Waals surface area (Å²) in [6.07, 6.45) is -5.49. The van der Waals surface area contributed by atoms with Crippen molar-refractivity contribution in [1.82, 2.24) is 4.90 Å². The van der Waals surface area contributed by atoms with Crippen LogP contribution in [0.25, 0.3) is 0 Å². The van der Waals surface area contributed by atoms with Crippen molar-refractivity contribution in [3.63, 3.8) is 0 Å². The molecule has 8 heteroatoms. The number of nitrogen functional groups attached to an aromatic ring is 1. The molecule has 0 bridgehead atoms. The van der Waals surface area contributed by atoms with E-state index in [9.17, 15) is 23.1 Å². The average Bonchev–Trinajstić information content (AvgIpc) is 2.37. The minimum Gasteiger partial charge on any atom is -0.398 e. The Labute approximate surface area is 120 Å². The Hall–Kier alpha value is -1.80. The van der Waals surface area contributed by atoms with E-state index in [4.69, 9.17) is 10.5 Å². The van der Waals surface area contributed by atoms with Gasteiger partial charge in [-0.1, -0.05) is 0 Å². The van der Waals surface area contributed by atoms with Crippen LogP contribution < -0.4 is 5.73 Å². The van der Waals surface area contributed by atoms with E-state index in [0.29, 0.717) is 6.07 Å². The molecule has 3 N–H and O–H groups in total. The van der Waals surface area contributed by atoms with Crippen LogP contribution in [0.3, 0.4) is 0 Å². The molecule has 0 aliphatic rings. The standard InChI is InChI=1S/C13H17F3N2O3/c1-18(6-9(19)7-21-2)12(20)10-5-8(13(14,15)16)3-4-11(10)17/h3-5,9,19H,6-7,17H2,1-2H3. The van der Waals surface area contributed by atoms with Crippen LogP contribution in [0.4, 0.5) is 18.9 Å². The van der Waals surface area contributed by atoms with Gasteiger partial charge in [0.05, 0.1) is 23.8 Å². The Morgan fingerprint density at radius 2 is 2.10 bits per heavy atom. The molecule has 0 saturated carbocycles. The van der Waals surface area contributed by atoms with E-state index >= 15 is 0 Å². The molecule has 0 heterocycles. The number of aliphatic hydroxyl groups is 1. The first-order valence-electron chi connectivity index (χ1n) is 6.06. The number of methoxy groups -OCH3 is 1. The SMILES string of the molecule is COCC(O)CN(C)C(=O)c1cc(C(F)(F)F)ccc1N. The zero-order chi connectivity index (χ0) is 16.2. The van der Waals surface area contributed by atoms with Gasteiger partial charge in [0.15, 0.2) is 0 Å². The van der Waals surface area contributed by atoms with Gasteiger partial charge in [0.25, 0.3) is 5.91 Å². The summed E-state index contributed by atoms with van der Waals surface area (Å²) in [5.41, 5.74) is 4.30. The molecule has 1 aromatic carbocycles. The van der Waals surface area contributed by atoms with E-state index in [1.54, 1.807) is 0 Å². The number of nitrogens with zero attached hydrogens (tertiary/aromatic N) is 1. The second-order valence-electron chi connectivity index (χ2n) is 4.59. The van der Waals surface area contributed by atoms with Crippen LogP contribution in [0.2, 0.25) is 0 Å². The Balaban J connectivity index is 2.96. The number of halogens is 3. The topological polar surface area (TPSA) is 75.8 Å². The van der Waals surface area contributed by atoms with Crippen molar-refractivity contribution >= 4 is 11.6 Å². The summed E-state index contributed by atoms with van der Waals surface area (Å²) in [6, 6.07) is 2.55. The van der Waals surface area contributed by atoms with Gasteiger partial charge < -0.3 is 20.5 Å². The molecule has 0 saturated heterocycles. The van der Waals surface area contributed by atoms with Gasteiger partial charge in [-0.25, -0.2) is 0 Å². The number of anilines is 1. The smallest absolute Gasteiger partial charge is 0.398 e. The molecule has 1 atom stereocenters. The van der Waals surface area contributed by atoms with Crippen LogP contribution in [-0.2, 0) is 10.9 Å². The lowest BCUT2D eigenvalue weighted by Gasteiger charge is -2.21. The van der Waals surface area contributed by atoms with E-state index < -0.39 is 23.8 Å². The van der Waals surface area contributed by atoms with Gasteiger partial charge in [-0.05, 0) is 18.2 Å².